The van der Waals surface area contributed by atoms with Gasteiger partial charge in [0.2, 0.25) is 5.89 Å². The van der Waals surface area contributed by atoms with Crippen molar-refractivity contribution in [3.63, 3.8) is 0 Å². The molecule has 1 aromatic rings. The van der Waals surface area contributed by atoms with E-state index in [4.69, 9.17) is 4.52 Å². The number of hydrogen-bond acceptors (Lipinski definition) is 4. The number of anilines is 1. The summed E-state index contributed by atoms with van der Waals surface area (Å²) in [5.41, 5.74) is 0. The molecule has 1 aliphatic rings. The molecule has 0 radical (unpaired) electrons. The van der Waals surface area contributed by atoms with E-state index in [1.54, 1.807) is 7.05 Å². The van der Waals surface area contributed by atoms with Crippen LogP contribution in [0.4, 0.5) is 5.95 Å². The highest BCUT2D eigenvalue weighted by Crippen LogP contribution is 2.29. The molecule has 4 nitrogen and oxygen atoms in total. The van der Waals surface area contributed by atoms with Gasteiger partial charge in [0.1, 0.15) is 0 Å². The van der Waals surface area contributed by atoms with Gasteiger partial charge in [-0.3, -0.25) is 0 Å². The van der Waals surface area contributed by atoms with E-state index in [0.717, 1.165) is 18.2 Å². The van der Waals surface area contributed by atoms with Gasteiger partial charge in [0, 0.05) is 13.5 Å². The van der Waals surface area contributed by atoms with Gasteiger partial charge in [0.25, 0.3) is 5.95 Å². The highest BCUT2D eigenvalue weighted by atomic mass is 16.5. The number of nitrogens with one attached hydrogen (secondary N) is 1. The molecule has 1 heterocycles. The molecule has 1 N–H and O–H groups in total. The maximum Gasteiger partial charge on any atom is 0.263 e. The minimum Gasteiger partial charge on any atom is -0.355 e. The van der Waals surface area contributed by atoms with Crippen molar-refractivity contribution < 1.29 is 4.52 Å². The molecule has 0 aromatic carbocycles. The van der Waals surface area contributed by atoms with Crippen LogP contribution in [0.2, 0.25) is 0 Å². The van der Waals surface area contributed by atoms with Gasteiger partial charge in [0.15, 0.2) is 0 Å². The maximum absolute atomic E-state index is 5.04. The molecule has 0 unspecified atom stereocenters. The van der Waals surface area contributed by atoms with Gasteiger partial charge in [-0.05, 0) is 23.9 Å². The molecule has 1 aliphatic carbocycles. The van der Waals surface area contributed by atoms with E-state index in [-0.39, 0.29) is 0 Å². The second-order valence-corrected chi connectivity index (χ2v) is 3.26. The lowest BCUT2D eigenvalue weighted by Crippen LogP contribution is -2.13. The van der Waals surface area contributed by atoms with Gasteiger partial charge in [0.05, 0.1) is 0 Å². The van der Waals surface area contributed by atoms with Crippen molar-refractivity contribution in [2.45, 2.75) is 25.7 Å². The first kappa shape index (κ1) is 7.58. The summed E-state index contributed by atoms with van der Waals surface area (Å²) in [4.78, 5) is 4.16. The predicted octanol–water partition coefficient (Wildman–Crippen LogP) is 1.45. The highest BCUT2D eigenvalue weighted by molar-refractivity contribution is 5.19. The van der Waals surface area contributed by atoms with Crippen molar-refractivity contribution >= 4 is 5.95 Å². The fourth-order valence-corrected chi connectivity index (χ4v) is 1.38. The van der Waals surface area contributed by atoms with Gasteiger partial charge in [-0.2, -0.15) is 4.98 Å². The lowest BCUT2D eigenvalue weighted by Gasteiger charge is -2.23. The molecule has 0 saturated heterocycles. The van der Waals surface area contributed by atoms with Crippen LogP contribution in [0.15, 0.2) is 4.52 Å². The van der Waals surface area contributed by atoms with E-state index in [1.807, 2.05) is 0 Å². The molecule has 12 heavy (non-hydrogen) atoms. The second kappa shape index (κ2) is 3.13. The summed E-state index contributed by atoms with van der Waals surface area (Å²) >= 11 is 0. The van der Waals surface area contributed by atoms with Crippen LogP contribution in [0.3, 0.4) is 0 Å². The summed E-state index contributed by atoms with van der Waals surface area (Å²) < 4.78 is 5.04. The van der Waals surface area contributed by atoms with E-state index >= 15 is 0 Å². The topological polar surface area (TPSA) is 51.0 Å². The van der Waals surface area contributed by atoms with Crippen molar-refractivity contribution in [3.8, 4) is 0 Å². The van der Waals surface area contributed by atoms with Crippen molar-refractivity contribution in [3.05, 3.63) is 5.89 Å². The zero-order chi connectivity index (χ0) is 8.39. The molecule has 0 aliphatic heterocycles. The summed E-state index contributed by atoms with van der Waals surface area (Å²) in [5, 5.41) is 6.59. The molecule has 0 spiro atoms. The minimum atomic E-state index is 0.587. The Morgan fingerprint density at radius 1 is 1.58 bits per heavy atom. The van der Waals surface area contributed by atoms with Gasteiger partial charge in [-0.1, -0.05) is 6.42 Å². The summed E-state index contributed by atoms with van der Waals surface area (Å²) in [6.45, 7) is 0. The molecule has 66 valence electrons. The molecule has 0 bridgehead atoms. The van der Waals surface area contributed by atoms with Crippen molar-refractivity contribution in [1.29, 1.82) is 0 Å². The summed E-state index contributed by atoms with van der Waals surface area (Å²) in [6.07, 6.45) is 4.95. The van der Waals surface area contributed by atoms with Crippen LogP contribution >= 0.6 is 0 Å². The first-order valence-corrected chi connectivity index (χ1v) is 4.39. The third-order valence-electron chi connectivity index (χ3n) is 2.38. The van der Waals surface area contributed by atoms with E-state index in [2.05, 4.69) is 15.5 Å². The fraction of sp³-hybridized carbons (Fsp3) is 0.750. The zero-order valence-electron chi connectivity index (χ0n) is 7.21. The summed E-state index contributed by atoms with van der Waals surface area (Å²) in [6, 6.07) is 0. The Labute approximate surface area is 71.4 Å². The Kier molecular flexibility index (Phi) is 1.98. The monoisotopic (exact) mass is 167 g/mol. The van der Waals surface area contributed by atoms with Crippen molar-refractivity contribution in [2.24, 2.45) is 5.92 Å². The smallest absolute Gasteiger partial charge is 0.263 e. The lowest BCUT2D eigenvalue weighted by molar-refractivity contribution is 0.273. The first-order valence-electron chi connectivity index (χ1n) is 4.39. The maximum atomic E-state index is 5.04. The highest BCUT2D eigenvalue weighted by Gasteiger charge is 2.20. The summed E-state index contributed by atoms with van der Waals surface area (Å²) in [5.74, 6) is 2.14. The Morgan fingerprint density at radius 3 is 2.92 bits per heavy atom. The van der Waals surface area contributed by atoms with Crippen LogP contribution < -0.4 is 5.32 Å². The fourth-order valence-electron chi connectivity index (χ4n) is 1.38. The Bertz CT molecular complexity index is 255. The van der Waals surface area contributed by atoms with Crippen LogP contribution in [0.5, 0.6) is 0 Å². The average Bonchev–Trinajstić information content (AvgIpc) is 2.44. The van der Waals surface area contributed by atoms with Gasteiger partial charge >= 0.3 is 0 Å². The van der Waals surface area contributed by atoms with E-state index < -0.39 is 0 Å². The van der Waals surface area contributed by atoms with Crippen LogP contribution in [-0.2, 0) is 6.42 Å². The Morgan fingerprint density at radius 2 is 2.42 bits per heavy atom. The number of aromatic nitrogens is 2. The van der Waals surface area contributed by atoms with E-state index in [9.17, 15) is 0 Å². The molecule has 0 atom stereocenters. The first-order chi connectivity index (χ1) is 5.88. The third-order valence-corrected chi connectivity index (χ3v) is 2.38. The molecule has 1 aromatic heterocycles. The normalized spacial score (nSPS) is 17.4. The Hall–Kier alpha value is -1.06. The zero-order valence-corrected chi connectivity index (χ0v) is 7.21. The molecule has 1 fully saturated rings. The molecular weight excluding hydrogens is 154 g/mol. The average molecular weight is 167 g/mol. The predicted molar refractivity (Wildman–Crippen MR) is 44.9 cm³/mol. The summed E-state index contributed by atoms with van der Waals surface area (Å²) in [7, 11) is 1.79. The largest absolute Gasteiger partial charge is 0.355 e. The van der Waals surface area contributed by atoms with Gasteiger partial charge in [-0.25, -0.2) is 0 Å². The van der Waals surface area contributed by atoms with Gasteiger partial charge in [-0.15, -0.1) is 0 Å². The molecule has 0 amide bonds. The number of rotatable bonds is 3. The molecule has 4 heteroatoms. The van der Waals surface area contributed by atoms with Crippen molar-refractivity contribution in [1.82, 2.24) is 10.1 Å². The molecule has 1 saturated carbocycles. The SMILES string of the molecule is CNc1noc(CC2CCC2)n1. The van der Waals surface area contributed by atoms with Crippen LogP contribution in [-0.4, -0.2) is 17.2 Å². The minimum absolute atomic E-state index is 0.587. The quantitative estimate of drug-likeness (QED) is 0.740. The van der Waals surface area contributed by atoms with Crippen LogP contribution in [0, 0.1) is 5.92 Å². The number of hydrogen-bond donors (Lipinski definition) is 1. The standard InChI is InChI=1S/C8H13N3O/c1-9-8-10-7(12-11-8)5-6-3-2-4-6/h6H,2-5H2,1H3,(H,9,11). The van der Waals surface area contributed by atoms with Crippen LogP contribution in [0.1, 0.15) is 25.2 Å². The Balaban J connectivity index is 1.93. The van der Waals surface area contributed by atoms with Gasteiger partial charge < -0.3 is 9.84 Å². The van der Waals surface area contributed by atoms with E-state index in [1.165, 1.54) is 19.3 Å². The molecule has 2 rings (SSSR count). The van der Waals surface area contributed by atoms with Crippen LogP contribution in [0.25, 0.3) is 0 Å². The molecular formula is C8H13N3O. The second-order valence-electron chi connectivity index (χ2n) is 3.26. The number of nitrogens with zero attached hydrogens (tertiary/aromatic N) is 2. The van der Waals surface area contributed by atoms with Crippen molar-refractivity contribution in [2.75, 3.05) is 12.4 Å². The third kappa shape index (κ3) is 1.42. The van der Waals surface area contributed by atoms with E-state index in [0.29, 0.717) is 5.95 Å². The lowest BCUT2D eigenvalue weighted by atomic mass is 9.83.